The molecular formula is C17H16F2N2O2. The summed E-state index contributed by atoms with van der Waals surface area (Å²) in [5, 5.41) is 4.75. The molecule has 120 valence electrons. The molecule has 2 aromatic carbocycles. The third-order valence-corrected chi connectivity index (χ3v) is 3.11. The Morgan fingerprint density at radius 3 is 2.17 bits per heavy atom. The third-order valence-electron chi connectivity index (χ3n) is 3.11. The molecule has 0 aliphatic rings. The predicted octanol–water partition coefficient (Wildman–Crippen LogP) is 2.65. The average molecular weight is 318 g/mol. The normalized spacial score (nSPS) is 10.2. The highest BCUT2D eigenvalue weighted by molar-refractivity contribution is 5.91. The van der Waals surface area contributed by atoms with E-state index in [0.717, 1.165) is 17.7 Å². The Kier molecular flexibility index (Phi) is 5.80. The van der Waals surface area contributed by atoms with Crippen LogP contribution in [-0.4, -0.2) is 18.4 Å². The van der Waals surface area contributed by atoms with Crippen molar-refractivity contribution in [3.8, 4) is 0 Å². The summed E-state index contributed by atoms with van der Waals surface area (Å²) in [4.78, 5) is 23.4. The Hall–Kier alpha value is -2.76. The van der Waals surface area contributed by atoms with E-state index in [2.05, 4.69) is 10.6 Å². The quantitative estimate of drug-likeness (QED) is 0.860. The minimum atomic E-state index is -0.841. The highest BCUT2D eigenvalue weighted by Crippen LogP contribution is 2.17. The van der Waals surface area contributed by atoms with Crippen LogP contribution in [0.5, 0.6) is 0 Å². The molecule has 0 saturated carbocycles. The van der Waals surface area contributed by atoms with Gasteiger partial charge in [-0.1, -0.05) is 36.4 Å². The first-order chi connectivity index (χ1) is 11.1. The van der Waals surface area contributed by atoms with Gasteiger partial charge in [0.2, 0.25) is 11.8 Å². The lowest BCUT2D eigenvalue weighted by Gasteiger charge is -2.08. The number of nitrogens with one attached hydrogen (secondary N) is 2. The number of amides is 2. The molecule has 6 heteroatoms. The number of para-hydroxylation sites is 1. The minimum absolute atomic E-state index is 0.0751. The zero-order valence-corrected chi connectivity index (χ0v) is 12.3. The SMILES string of the molecule is O=C(Cc1ccccc1)NCCC(=O)Nc1c(F)cccc1F. The zero-order chi connectivity index (χ0) is 16.7. The van der Waals surface area contributed by atoms with Crippen molar-refractivity contribution in [3.63, 3.8) is 0 Å². The molecule has 4 nitrogen and oxygen atoms in total. The minimum Gasteiger partial charge on any atom is -0.355 e. The number of carbonyl (C=O) groups excluding carboxylic acids is 2. The van der Waals surface area contributed by atoms with Crippen LogP contribution in [0.25, 0.3) is 0 Å². The Balaban J connectivity index is 1.76. The average Bonchev–Trinajstić information content (AvgIpc) is 2.52. The molecule has 0 saturated heterocycles. The van der Waals surface area contributed by atoms with Gasteiger partial charge in [-0.25, -0.2) is 8.78 Å². The van der Waals surface area contributed by atoms with Crippen LogP contribution >= 0.6 is 0 Å². The highest BCUT2D eigenvalue weighted by Gasteiger charge is 2.12. The molecule has 0 aromatic heterocycles. The molecule has 0 heterocycles. The summed E-state index contributed by atoms with van der Waals surface area (Å²) >= 11 is 0. The fraction of sp³-hybridized carbons (Fsp3) is 0.176. The second kappa shape index (κ2) is 8.03. The lowest BCUT2D eigenvalue weighted by Crippen LogP contribution is -2.29. The van der Waals surface area contributed by atoms with E-state index in [0.29, 0.717) is 0 Å². The molecule has 2 aromatic rings. The number of benzene rings is 2. The van der Waals surface area contributed by atoms with Crippen LogP contribution in [0, 0.1) is 11.6 Å². The van der Waals surface area contributed by atoms with Gasteiger partial charge in [-0.2, -0.15) is 0 Å². The lowest BCUT2D eigenvalue weighted by atomic mass is 10.1. The summed E-state index contributed by atoms with van der Waals surface area (Å²) in [6, 6.07) is 12.5. The van der Waals surface area contributed by atoms with Gasteiger partial charge in [0.15, 0.2) is 0 Å². The molecule has 0 atom stereocenters. The van der Waals surface area contributed by atoms with Gasteiger partial charge in [-0.3, -0.25) is 9.59 Å². The monoisotopic (exact) mass is 318 g/mol. The van der Waals surface area contributed by atoms with E-state index in [1.807, 2.05) is 30.3 Å². The van der Waals surface area contributed by atoms with Gasteiger partial charge >= 0.3 is 0 Å². The number of anilines is 1. The molecule has 2 N–H and O–H groups in total. The van der Waals surface area contributed by atoms with Crippen LogP contribution in [-0.2, 0) is 16.0 Å². The van der Waals surface area contributed by atoms with E-state index in [1.165, 1.54) is 6.07 Å². The second-order valence-corrected chi connectivity index (χ2v) is 4.91. The summed E-state index contributed by atoms with van der Waals surface area (Å²) in [5.41, 5.74) is 0.385. The first-order valence-corrected chi connectivity index (χ1v) is 7.11. The maximum absolute atomic E-state index is 13.4. The molecule has 0 radical (unpaired) electrons. The highest BCUT2D eigenvalue weighted by atomic mass is 19.1. The van der Waals surface area contributed by atoms with Crippen molar-refractivity contribution in [2.75, 3.05) is 11.9 Å². The second-order valence-electron chi connectivity index (χ2n) is 4.91. The van der Waals surface area contributed by atoms with Crippen LogP contribution < -0.4 is 10.6 Å². The summed E-state index contributed by atoms with van der Waals surface area (Å²) < 4.78 is 26.8. The standard InChI is InChI=1S/C17H16F2N2O2/c18-13-7-4-8-14(19)17(13)21-15(22)9-10-20-16(23)11-12-5-2-1-3-6-12/h1-8H,9-11H2,(H,20,23)(H,21,22). The van der Waals surface area contributed by atoms with Crippen LogP contribution in [0.1, 0.15) is 12.0 Å². The van der Waals surface area contributed by atoms with E-state index in [4.69, 9.17) is 0 Å². The van der Waals surface area contributed by atoms with Crippen LogP contribution in [0.4, 0.5) is 14.5 Å². The van der Waals surface area contributed by atoms with Crippen molar-refractivity contribution in [1.29, 1.82) is 0 Å². The molecule has 0 bridgehead atoms. The molecule has 0 unspecified atom stereocenters. The molecule has 0 spiro atoms. The first kappa shape index (κ1) is 16.6. The van der Waals surface area contributed by atoms with Crippen molar-refractivity contribution in [2.45, 2.75) is 12.8 Å². The van der Waals surface area contributed by atoms with Crippen LogP contribution in [0.3, 0.4) is 0 Å². The van der Waals surface area contributed by atoms with E-state index >= 15 is 0 Å². The van der Waals surface area contributed by atoms with Gasteiger partial charge in [0.05, 0.1) is 6.42 Å². The molecule has 23 heavy (non-hydrogen) atoms. The third kappa shape index (κ3) is 5.18. The van der Waals surface area contributed by atoms with E-state index in [9.17, 15) is 18.4 Å². The first-order valence-electron chi connectivity index (χ1n) is 7.11. The predicted molar refractivity (Wildman–Crippen MR) is 82.8 cm³/mol. The Morgan fingerprint density at radius 2 is 1.52 bits per heavy atom. The lowest BCUT2D eigenvalue weighted by molar-refractivity contribution is -0.120. The maximum atomic E-state index is 13.4. The maximum Gasteiger partial charge on any atom is 0.226 e. The molecule has 0 aliphatic carbocycles. The van der Waals surface area contributed by atoms with Gasteiger partial charge in [0.1, 0.15) is 17.3 Å². The summed E-state index contributed by atoms with van der Waals surface area (Å²) in [6.45, 7) is 0.0908. The van der Waals surface area contributed by atoms with Crippen molar-refractivity contribution in [1.82, 2.24) is 5.32 Å². The van der Waals surface area contributed by atoms with Crippen LogP contribution in [0.15, 0.2) is 48.5 Å². The number of rotatable bonds is 6. The van der Waals surface area contributed by atoms with E-state index in [1.54, 1.807) is 0 Å². The number of halogens is 2. The summed E-state index contributed by atoms with van der Waals surface area (Å²) in [6.07, 6.45) is 0.138. The van der Waals surface area contributed by atoms with E-state index < -0.39 is 23.2 Å². The Labute approximate surface area is 132 Å². The van der Waals surface area contributed by atoms with Crippen molar-refractivity contribution < 1.29 is 18.4 Å². The molecular weight excluding hydrogens is 302 g/mol. The molecule has 2 amide bonds. The van der Waals surface area contributed by atoms with Gasteiger partial charge in [0, 0.05) is 13.0 Å². The molecule has 0 aliphatic heterocycles. The molecule has 2 rings (SSSR count). The summed E-state index contributed by atoms with van der Waals surface area (Å²) in [5.74, 6) is -2.48. The largest absolute Gasteiger partial charge is 0.355 e. The number of hydrogen-bond donors (Lipinski definition) is 2. The van der Waals surface area contributed by atoms with Gasteiger partial charge < -0.3 is 10.6 Å². The summed E-state index contributed by atoms with van der Waals surface area (Å²) in [7, 11) is 0. The Morgan fingerprint density at radius 1 is 0.870 bits per heavy atom. The van der Waals surface area contributed by atoms with E-state index in [-0.39, 0.29) is 25.3 Å². The van der Waals surface area contributed by atoms with Gasteiger partial charge in [-0.15, -0.1) is 0 Å². The van der Waals surface area contributed by atoms with Crippen molar-refractivity contribution in [2.24, 2.45) is 0 Å². The number of carbonyl (C=O) groups is 2. The zero-order valence-electron chi connectivity index (χ0n) is 12.3. The number of hydrogen-bond acceptors (Lipinski definition) is 2. The van der Waals surface area contributed by atoms with Gasteiger partial charge in [0.25, 0.3) is 0 Å². The van der Waals surface area contributed by atoms with Gasteiger partial charge in [-0.05, 0) is 17.7 Å². The topological polar surface area (TPSA) is 58.2 Å². The van der Waals surface area contributed by atoms with Crippen molar-refractivity contribution >= 4 is 17.5 Å². The fourth-order valence-electron chi connectivity index (χ4n) is 1.98. The molecule has 0 fully saturated rings. The Bertz CT molecular complexity index is 670. The smallest absolute Gasteiger partial charge is 0.226 e. The fourth-order valence-corrected chi connectivity index (χ4v) is 1.98. The van der Waals surface area contributed by atoms with Crippen molar-refractivity contribution in [3.05, 3.63) is 65.7 Å². The van der Waals surface area contributed by atoms with Crippen LogP contribution in [0.2, 0.25) is 0 Å².